The zero-order valence-corrected chi connectivity index (χ0v) is 21.9. The van der Waals surface area contributed by atoms with Crippen LogP contribution in [0.15, 0.2) is 0 Å². The van der Waals surface area contributed by atoms with Gasteiger partial charge in [0.2, 0.25) is 12.6 Å². The number of hydrogen-bond donors (Lipinski definition) is 0. The Hall–Kier alpha value is -1.42. The third-order valence-corrected chi connectivity index (χ3v) is 7.67. The molecule has 1 aliphatic heterocycles. The van der Waals surface area contributed by atoms with E-state index in [1.54, 1.807) is 0 Å². The maximum Gasteiger partial charge on any atom is 0.521 e. The van der Waals surface area contributed by atoms with Crippen LogP contribution in [0.3, 0.4) is 0 Å². The van der Waals surface area contributed by atoms with E-state index in [1.807, 2.05) is 27.7 Å². The largest absolute Gasteiger partial charge is 0.521 e. The van der Waals surface area contributed by atoms with Crippen molar-refractivity contribution in [3.8, 4) is 0 Å². The number of carbonyl (C=O) groups excluding carboxylic acids is 2. The van der Waals surface area contributed by atoms with Crippen LogP contribution in [0.25, 0.3) is 0 Å². The number of cyclic esters (lactones) is 4. The smallest absolute Gasteiger partial charge is 0.401 e. The Balaban J connectivity index is 1.50. The summed E-state index contributed by atoms with van der Waals surface area (Å²) in [6.45, 7) is 7.95. The average Bonchev–Trinajstić information content (AvgIpc) is 2.86. The summed E-state index contributed by atoms with van der Waals surface area (Å²) in [5.74, 6) is 0.744. The highest BCUT2D eigenvalue weighted by Crippen LogP contribution is 2.36. The van der Waals surface area contributed by atoms with E-state index in [-0.39, 0.29) is 0 Å². The first-order valence-corrected chi connectivity index (χ1v) is 13.4. The molecular weight excluding hydrogens is 456 g/mol. The summed E-state index contributed by atoms with van der Waals surface area (Å²) in [5, 5.41) is 0. The van der Waals surface area contributed by atoms with Crippen molar-refractivity contribution in [2.75, 3.05) is 0 Å². The van der Waals surface area contributed by atoms with Crippen LogP contribution in [0.5, 0.6) is 0 Å². The Bertz CT molecular complexity index is 610. The molecule has 1 heterocycles. The summed E-state index contributed by atoms with van der Waals surface area (Å²) < 4.78 is 15.0. The van der Waals surface area contributed by atoms with Gasteiger partial charge < -0.3 is 14.2 Å². The Morgan fingerprint density at radius 1 is 0.571 bits per heavy atom. The summed E-state index contributed by atoms with van der Waals surface area (Å²) in [6, 6.07) is 0. The van der Waals surface area contributed by atoms with Crippen molar-refractivity contribution in [2.24, 2.45) is 11.8 Å². The van der Waals surface area contributed by atoms with Gasteiger partial charge in [0, 0.05) is 12.8 Å². The molecule has 0 radical (unpaired) electrons. The molecule has 0 spiro atoms. The third-order valence-electron chi connectivity index (χ3n) is 7.67. The van der Waals surface area contributed by atoms with E-state index in [4.69, 9.17) is 29.0 Å². The molecular formula is C26H44O9. The zero-order chi connectivity index (χ0) is 25.3. The van der Waals surface area contributed by atoms with Crippen LogP contribution < -0.4 is 0 Å². The van der Waals surface area contributed by atoms with Gasteiger partial charge in [-0.15, -0.1) is 0 Å². The highest BCUT2D eigenvalue weighted by molar-refractivity contribution is 5.76. The lowest BCUT2D eigenvalue weighted by Crippen LogP contribution is -2.38. The van der Waals surface area contributed by atoms with Crippen LogP contribution >= 0.6 is 0 Å². The zero-order valence-electron chi connectivity index (χ0n) is 21.9. The van der Waals surface area contributed by atoms with E-state index < -0.39 is 36.1 Å². The Labute approximate surface area is 209 Å². The van der Waals surface area contributed by atoms with Gasteiger partial charge in [-0.05, 0) is 78.1 Å². The quantitative estimate of drug-likeness (QED) is 0.149. The second-order valence-electron chi connectivity index (χ2n) is 11.2. The number of ether oxygens (including phenoxy) is 3. The Morgan fingerprint density at radius 3 is 1.29 bits per heavy atom. The summed E-state index contributed by atoms with van der Waals surface area (Å²) in [7, 11) is 0. The van der Waals surface area contributed by atoms with Crippen LogP contribution in [-0.4, -0.2) is 36.1 Å². The maximum absolute atomic E-state index is 12.1. The van der Waals surface area contributed by atoms with Crippen molar-refractivity contribution in [3.05, 3.63) is 0 Å². The van der Waals surface area contributed by atoms with E-state index in [0.29, 0.717) is 37.5 Å². The fourth-order valence-corrected chi connectivity index (χ4v) is 5.29. The van der Waals surface area contributed by atoms with Crippen molar-refractivity contribution in [3.63, 3.8) is 0 Å². The lowest BCUT2D eigenvalue weighted by atomic mass is 9.79. The fraction of sp³-hybridized carbons (Fsp3) is 0.923. The molecule has 3 aliphatic rings. The topological polar surface area (TPSA) is 98.8 Å². The van der Waals surface area contributed by atoms with Crippen molar-refractivity contribution in [1.29, 1.82) is 0 Å². The first-order chi connectivity index (χ1) is 16.7. The molecule has 0 aromatic heterocycles. The molecule has 0 bridgehead atoms. The number of hydrogen-bond acceptors (Lipinski definition) is 9. The van der Waals surface area contributed by atoms with Gasteiger partial charge in [-0.3, -0.25) is 0 Å². The van der Waals surface area contributed by atoms with E-state index in [9.17, 15) is 9.59 Å². The molecule has 3 fully saturated rings. The Kier molecular flexibility index (Phi) is 10.6. The van der Waals surface area contributed by atoms with E-state index in [2.05, 4.69) is 4.74 Å². The molecule has 202 valence electrons. The van der Waals surface area contributed by atoms with Gasteiger partial charge >= 0.3 is 12.3 Å². The molecule has 0 amide bonds. The fourth-order valence-electron chi connectivity index (χ4n) is 5.29. The second-order valence-corrected chi connectivity index (χ2v) is 11.2. The predicted molar refractivity (Wildman–Crippen MR) is 126 cm³/mol. The van der Waals surface area contributed by atoms with Crippen LogP contribution in [0.2, 0.25) is 0 Å². The number of carbonyl (C=O) groups is 2. The lowest BCUT2D eigenvalue weighted by Gasteiger charge is -2.36. The lowest BCUT2D eigenvalue weighted by molar-refractivity contribution is -0.422. The second kappa shape index (κ2) is 13.2. The highest BCUT2D eigenvalue weighted by Gasteiger charge is 2.36. The van der Waals surface area contributed by atoms with Crippen LogP contribution in [0.1, 0.15) is 118 Å². The van der Waals surface area contributed by atoms with Gasteiger partial charge in [-0.1, -0.05) is 38.5 Å². The van der Waals surface area contributed by atoms with Crippen molar-refractivity contribution in [1.82, 2.24) is 0 Å². The molecule has 1 saturated heterocycles. The molecule has 9 heteroatoms. The standard InChI is InChI=1S/C26H44O9/c1-25(2,19-13-7-5-8-14-19)34-32-21-17-11-12-18-22(30-24(28)31-23(27)29-21)33-35-26(3,4)20-15-9-6-10-16-20/h19-22H,5-18H2,1-4H3. The van der Waals surface area contributed by atoms with Crippen molar-refractivity contribution < 1.29 is 43.3 Å². The first-order valence-electron chi connectivity index (χ1n) is 13.4. The minimum absolute atomic E-state index is 0.372. The van der Waals surface area contributed by atoms with Gasteiger partial charge in [0.1, 0.15) is 11.2 Å². The molecule has 3 rings (SSSR count). The monoisotopic (exact) mass is 500 g/mol. The van der Waals surface area contributed by atoms with Gasteiger partial charge in [-0.25, -0.2) is 19.4 Å². The maximum atomic E-state index is 12.1. The summed E-state index contributed by atoms with van der Waals surface area (Å²) >= 11 is 0. The van der Waals surface area contributed by atoms with Gasteiger partial charge in [0.05, 0.1) is 0 Å². The Morgan fingerprint density at radius 2 is 0.914 bits per heavy atom. The highest BCUT2D eigenvalue weighted by atomic mass is 17.2. The van der Waals surface area contributed by atoms with Crippen LogP contribution in [-0.2, 0) is 33.8 Å². The van der Waals surface area contributed by atoms with Crippen LogP contribution in [0.4, 0.5) is 9.59 Å². The van der Waals surface area contributed by atoms with Gasteiger partial charge in [0.15, 0.2) is 0 Å². The summed E-state index contributed by atoms with van der Waals surface area (Å²) in [5.41, 5.74) is -1.03. The molecule has 0 aromatic rings. The summed E-state index contributed by atoms with van der Waals surface area (Å²) in [6.07, 6.45) is 9.16. The molecule has 0 aromatic carbocycles. The molecule has 2 aliphatic carbocycles. The molecule has 2 unspecified atom stereocenters. The average molecular weight is 501 g/mol. The van der Waals surface area contributed by atoms with E-state index in [1.165, 1.54) is 38.5 Å². The molecule has 35 heavy (non-hydrogen) atoms. The van der Waals surface area contributed by atoms with Crippen molar-refractivity contribution >= 4 is 12.3 Å². The van der Waals surface area contributed by atoms with E-state index >= 15 is 0 Å². The molecule has 2 atom stereocenters. The number of rotatable bonds is 8. The molecule has 9 nitrogen and oxygen atoms in total. The SMILES string of the molecule is CC(C)(OOC1CCCCC(OOC(C)(C)C2CCCCC2)OC(=O)OC(=O)O1)C1CCCCC1. The predicted octanol–water partition coefficient (Wildman–Crippen LogP) is 7.12. The van der Waals surface area contributed by atoms with Crippen LogP contribution in [0, 0.1) is 11.8 Å². The normalized spacial score (nSPS) is 26.9. The van der Waals surface area contributed by atoms with Gasteiger partial charge in [-0.2, -0.15) is 9.78 Å². The van der Waals surface area contributed by atoms with E-state index in [0.717, 1.165) is 25.7 Å². The minimum atomic E-state index is -1.21. The minimum Gasteiger partial charge on any atom is -0.401 e. The van der Waals surface area contributed by atoms with Crippen molar-refractivity contribution in [2.45, 2.75) is 141 Å². The third kappa shape index (κ3) is 9.19. The van der Waals surface area contributed by atoms with Gasteiger partial charge in [0.25, 0.3) is 0 Å². The molecule has 0 N–H and O–H groups in total. The molecule has 2 saturated carbocycles. The first kappa shape index (κ1) is 28.2. The summed E-state index contributed by atoms with van der Waals surface area (Å²) in [4.78, 5) is 46.8.